The second-order valence-electron chi connectivity index (χ2n) is 8.75. The summed E-state index contributed by atoms with van der Waals surface area (Å²) >= 11 is 0. The van der Waals surface area contributed by atoms with E-state index in [2.05, 4.69) is 16.8 Å². The van der Waals surface area contributed by atoms with E-state index in [4.69, 9.17) is 9.47 Å². The zero-order valence-electron chi connectivity index (χ0n) is 18.8. The molecule has 2 heterocycles. The van der Waals surface area contributed by atoms with Crippen LogP contribution in [0.25, 0.3) is 6.08 Å². The molecule has 0 bridgehead atoms. The lowest BCUT2D eigenvalue weighted by Gasteiger charge is -2.29. The number of ether oxygens (including phenoxy) is 2. The Morgan fingerprint density at radius 1 is 1.29 bits per heavy atom. The Morgan fingerprint density at radius 2 is 2.06 bits per heavy atom. The SMILES string of the molecule is Cc1cc(/C=C(\C#N)C(=O)OCC(=O)N[C@H]2CCCC[C@@H]2C)c(C)n1C[C@H]1CCCO1. The van der Waals surface area contributed by atoms with Gasteiger partial charge in [0.2, 0.25) is 0 Å². The summed E-state index contributed by atoms with van der Waals surface area (Å²) in [4.78, 5) is 24.6. The number of aromatic nitrogens is 1. The Morgan fingerprint density at radius 3 is 2.74 bits per heavy atom. The van der Waals surface area contributed by atoms with E-state index in [1.54, 1.807) is 0 Å². The molecule has 1 aromatic rings. The Labute approximate surface area is 184 Å². The van der Waals surface area contributed by atoms with Gasteiger partial charge in [-0.1, -0.05) is 19.8 Å². The van der Waals surface area contributed by atoms with Gasteiger partial charge in [-0.25, -0.2) is 4.79 Å². The molecule has 0 unspecified atom stereocenters. The highest BCUT2D eigenvalue weighted by molar-refractivity contribution is 5.99. The molecular weight excluding hydrogens is 394 g/mol. The van der Waals surface area contributed by atoms with Gasteiger partial charge >= 0.3 is 5.97 Å². The molecule has 1 amide bonds. The van der Waals surface area contributed by atoms with Crippen LogP contribution in [-0.4, -0.2) is 41.8 Å². The van der Waals surface area contributed by atoms with Crippen molar-refractivity contribution in [3.63, 3.8) is 0 Å². The van der Waals surface area contributed by atoms with E-state index in [0.29, 0.717) is 5.92 Å². The molecule has 1 N–H and O–H groups in total. The number of nitriles is 1. The Hall–Kier alpha value is -2.59. The molecule has 31 heavy (non-hydrogen) atoms. The van der Waals surface area contributed by atoms with E-state index in [-0.39, 0.29) is 30.2 Å². The Bertz CT molecular complexity index is 874. The van der Waals surface area contributed by atoms with Crippen molar-refractivity contribution in [2.24, 2.45) is 5.92 Å². The van der Waals surface area contributed by atoms with E-state index in [9.17, 15) is 14.9 Å². The second-order valence-corrected chi connectivity index (χ2v) is 8.75. The molecule has 168 valence electrons. The molecule has 1 aliphatic carbocycles. The maximum atomic E-state index is 12.4. The van der Waals surface area contributed by atoms with E-state index in [1.165, 1.54) is 12.5 Å². The van der Waals surface area contributed by atoms with Crippen LogP contribution in [0.2, 0.25) is 0 Å². The first kappa shape index (κ1) is 23.1. The molecule has 0 radical (unpaired) electrons. The summed E-state index contributed by atoms with van der Waals surface area (Å²) in [5.41, 5.74) is 2.70. The van der Waals surface area contributed by atoms with Gasteiger partial charge in [-0.15, -0.1) is 0 Å². The number of hydrogen-bond donors (Lipinski definition) is 1. The van der Waals surface area contributed by atoms with Crippen LogP contribution in [0.5, 0.6) is 0 Å². The lowest BCUT2D eigenvalue weighted by atomic mass is 9.86. The van der Waals surface area contributed by atoms with Crippen molar-refractivity contribution in [1.82, 2.24) is 9.88 Å². The highest BCUT2D eigenvalue weighted by Crippen LogP contribution is 2.24. The van der Waals surface area contributed by atoms with Crippen LogP contribution in [0.3, 0.4) is 0 Å². The molecule has 7 nitrogen and oxygen atoms in total. The monoisotopic (exact) mass is 427 g/mol. The fraction of sp³-hybridized carbons (Fsp3) is 0.625. The summed E-state index contributed by atoms with van der Waals surface area (Å²) in [5.74, 6) is -0.676. The number of nitrogens with zero attached hydrogens (tertiary/aromatic N) is 2. The normalized spacial score (nSPS) is 23.9. The lowest BCUT2D eigenvalue weighted by molar-refractivity contribution is -0.144. The van der Waals surface area contributed by atoms with Crippen LogP contribution < -0.4 is 5.32 Å². The smallest absolute Gasteiger partial charge is 0.349 e. The third-order valence-electron chi connectivity index (χ3n) is 6.46. The lowest BCUT2D eigenvalue weighted by Crippen LogP contribution is -2.42. The van der Waals surface area contributed by atoms with Crippen molar-refractivity contribution in [2.45, 2.75) is 78.0 Å². The zero-order chi connectivity index (χ0) is 22.4. The second kappa shape index (κ2) is 10.6. The number of carbonyl (C=O) groups is 2. The van der Waals surface area contributed by atoms with Crippen LogP contribution >= 0.6 is 0 Å². The Kier molecular flexibility index (Phi) is 7.91. The summed E-state index contributed by atoms with van der Waals surface area (Å²) in [5, 5.41) is 12.4. The summed E-state index contributed by atoms with van der Waals surface area (Å²) in [6.45, 7) is 7.28. The van der Waals surface area contributed by atoms with Crippen molar-refractivity contribution in [3.05, 3.63) is 28.6 Å². The average Bonchev–Trinajstić information content (AvgIpc) is 3.36. The molecule has 0 spiro atoms. The van der Waals surface area contributed by atoms with Gasteiger partial charge in [-0.05, 0) is 63.2 Å². The molecule has 1 aromatic heterocycles. The fourth-order valence-corrected chi connectivity index (χ4v) is 4.53. The van der Waals surface area contributed by atoms with Crippen LogP contribution in [0.1, 0.15) is 62.4 Å². The molecule has 3 atom stereocenters. The van der Waals surface area contributed by atoms with Crippen molar-refractivity contribution in [2.75, 3.05) is 13.2 Å². The minimum Gasteiger partial charge on any atom is -0.451 e. The molecular formula is C24H33N3O4. The maximum Gasteiger partial charge on any atom is 0.349 e. The molecule has 1 saturated carbocycles. The van der Waals surface area contributed by atoms with Gasteiger partial charge in [-0.3, -0.25) is 4.79 Å². The number of nitrogens with one attached hydrogen (secondary N) is 1. The van der Waals surface area contributed by atoms with E-state index in [1.807, 2.05) is 26.0 Å². The third kappa shape index (κ3) is 5.98. The van der Waals surface area contributed by atoms with Gasteiger partial charge < -0.3 is 19.4 Å². The van der Waals surface area contributed by atoms with Gasteiger partial charge in [0.1, 0.15) is 11.6 Å². The average molecular weight is 428 g/mol. The highest BCUT2D eigenvalue weighted by atomic mass is 16.5. The molecule has 2 aliphatic rings. The van der Waals surface area contributed by atoms with Gasteiger partial charge in [0.25, 0.3) is 5.91 Å². The molecule has 2 fully saturated rings. The number of hydrogen-bond acceptors (Lipinski definition) is 5. The first-order valence-corrected chi connectivity index (χ1v) is 11.3. The number of carbonyl (C=O) groups excluding carboxylic acids is 2. The summed E-state index contributed by atoms with van der Waals surface area (Å²) in [6, 6.07) is 3.99. The summed E-state index contributed by atoms with van der Waals surface area (Å²) in [7, 11) is 0. The van der Waals surface area contributed by atoms with Crippen LogP contribution in [0.15, 0.2) is 11.6 Å². The zero-order valence-corrected chi connectivity index (χ0v) is 18.8. The molecule has 1 aliphatic heterocycles. The molecule has 0 aromatic carbocycles. The topological polar surface area (TPSA) is 93.4 Å². The number of amides is 1. The Balaban J connectivity index is 1.60. The van der Waals surface area contributed by atoms with E-state index >= 15 is 0 Å². The predicted molar refractivity (Wildman–Crippen MR) is 117 cm³/mol. The summed E-state index contributed by atoms with van der Waals surface area (Å²) < 4.78 is 13.0. The first-order valence-electron chi connectivity index (χ1n) is 11.3. The van der Waals surface area contributed by atoms with Crippen LogP contribution in [0, 0.1) is 31.1 Å². The minimum absolute atomic E-state index is 0.115. The first-order chi connectivity index (χ1) is 14.9. The number of rotatable bonds is 7. The van der Waals surface area contributed by atoms with E-state index in [0.717, 1.165) is 62.2 Å². The van der Waals surface area contributed by atoms with Crippen molar-refractivity contribution >= 4 is 18.0 Å². The van der Waals surface area contributed by atoms with Gasteiger partial charge in [0.15, 0.2) is 6.61 Å². The molecule has 3 rings (SSSR count). The van der Waals surface area contributed by atoms with Crippen molar-refractivity contribution in [1.29, 1.82) is 5.26 Å². The number of esters is 1. The fourth-order valence-electron chi connectivity index (χ4n) is 4.53. The van der Waals surface area contributed by atoms with Crippen LogP contribution in [0.4, 0.5) is 0 Å². The molecule has 7 heteroatoms. The van der Waals surface area contributed by atoms with Gasteiger partial charge in [0, 0.05) is 30.6 Å². The number of aryl methyl sites for hydroxylation is 1. The summed E-state index contributed by atoms with van der Waals surface area (Å²) in [6.07, 6.45) is 8.19. The quantitative estimate of drug-likeness (QED) is 0.409. The molecule has 1 saturated heterocycles. The highest BCUT2D eigenvalue weighted by Gasteiger charge is 2.24. The minimum atomic E-state index is -0.779. The predicted octanol–water partition coefficient (Wildman–Crippen LogP) is 3.43. The van der Waals surface area contributed by atoms with Crippen molar-refractivity contribution in [3.8, 4) is 6.07 Å². The third-order valence-corrected chi connectivity index (χ3v) is 6.46. The van der Waals surface area contributed by atoms with E-state index < -0.39 is 5.97 Å². The van der Waals surface area contributed by atoms with Gasteiger partial charge in [-0.2, -0.15) is 5.26 Å². The largest absolute Gasteiger partial charge is 0.451 e. The van der Waals surface area contributed by atoms with Gasteiger partial charge in [0.05, 0.1) is 6.10 Å². The maximum absolute atomic E-state index is 12.4. The van der Waals surface area contributed by atoms with Crippen molar-refractivity contribution < 1.29 is 19.1 Å². The van der Waals surface area contributed by atoms with Crippen LogP contribution in [-0.2, 0) is 25.6 Å². The standard InChI is InChI=1S/C24H33N3O4/c1-16-7-4-5-9-22(16)26-23(28)15-31-24(29)20(13-25)12-19-11-17(2)27(18(19)3)14-21-8-6-10-30-21/h11-12,16,21-22H,4-10,14-15H2,1-3H3,(H,26,28)/b20-12+/t16-,21+,22-/m0/s1.